The highest BCUT2D eigenvalue weighted by Crippen LogP contribution is 2.35. The molecule has 2 fully saturated rings. The third kappa shape index (κ3) is 6.13. The third-order valence-corrected chi connectivity index (χ3v) is 5.66. The fourth-order valence-electron chi connectivity index (χ4n) is 4.04. The smallest absolute Gasteiger partial charge is 0.141 e. The zero-order valence-electron chi connectivity index (χ0n) is 16.5. The van der Waals surface area contributed by atoms with Crippen LogP contribution in [-0.4, -0.2) is 32.0 Å². The Kier molecular flexibility index (Phi) is 7.80. The second kappa shape index (κ2) is 10.5. The number of hydrogen-bond donors (Lipinski definition) is 0. The molecule has 0 N–H and O–H groups in total. The molecular weight excluding hydrogens is 336 g/mol. The zero-order chi connectivity index (χ0) is 18.9. The lowest BCUT2D eigenvalue weighted by Gasteiger charge is -2.36. The highest BCUT2D eigenvalue weighted by Gasteiger charge is 2.31. The van der Waals surface area contributed by atoms with Gasteiger partial charge in [-0.25, -0.2) is 0 Å². The van der Waals surface area contributed by atoms with E-state index in [1.807, 2.05) is 37.3 Å². The second-order valence-corrected chi connectivity index (χ2v) is 7.57. The van der Waals surface area contributed by atoms with Crippen LogP contribution in [0.15, 0.2) is 36.9 Å². The Morgan fingerprint density at radius 2 is 1.89 bits per heavy atom. The molecule has 0 aromatic heterocycles. The standard InChI is InChI=1S/C24H32O3/c1-3-5-6-19-7-12-21(13-8-19)24-18-26-23(17-27-24)16-11-20-9-14-22(15-10-20)25-4-2/h3,9-10,14-15,19,21,23-24H,1,4-8,12-13,17-18H2,2H3/t19?,21?,23-,24?/m0/s1. The molecule has 0 spiro atoms. The van der Waals surface area contributed by atoms with E-state index >= 15 is 0 Å². The molecule has 1 saturated carbocycles. The molecule has 1 aromatic carbocycles. The van der Waals surface area contributed by atoms with Crippen LogP contribution >= 0.6 is 0 Å². The quantitative estimate of drug-likeness (QED) is 0.523. The summed E-state index contributed by atoms with van der Waals surface area (Å²) in [4.78, 5) is 0. The van der Waals surface area contributed by atoms with Gasteiger partial charge in [-0.15, -0.1) is 6.58 Å². The van der Waals surface area contributed by atoms with Crippen LogP contribution in [-0.2, 0) is 9.47 Å². The Morgan fingerprint density at radius 3 is 2.52 bits per heavy atom. The molecule has 1 aliphatic carbocycles. The summed E-state index contributed by atoms with van der Waals surface area (Å²) in [5.74, 6) is 8.77. The molecule has 1 aromatic rings. The summed E-state index contributed by atoms with van der Waals surface area (Å²) in [5.41, 5.74) is 0.974. The Morgan fingerprint density at radius 1 is 1.11 bits per heavy atom. The monoisotopic (exact) mass is 368 g/mol. The Hall–Kier alpha value is -1.76. The first-order valence-corrected chi connectivity index (χ1v) is 10.4. The lowest BCUT2D eigenvalue weighted by Crippen LogP contribution is -2.40. The maximum absolute atomic E-state index is 6.12. The van der Waals surface area contributed by atoms with Crippen molar-refractivity contribution in [3.05, 3.63) is 42.5 Å². The van der Waals surface area contributed by atoms with Crippen LogP contribution in [0, 0.1) is 23.7 Å². The van der Waals surface area contributed by atoms with Gasteiger partial charge in [-0.2, -0.15) is 0 Å². The summed E-state index contributed by atoms with van der Waals surface area (Å²) >= 11 is 0. The second-order valence-electron chi connectivity index (χ2n) is 7.57. The number of rotatable bonds is 6. The molecule has 1 saturated heterocycles. The molecule has 146 valence electrons. The van der Waals surface area contributed by atoms with Crippen molar-refractivity contribution >= 4 is 0 Å². The molecule has 1 heterocycles. The number of ether oxygens (including phenoxy) is 3. The topological polar surface area (TPSA) is 27.7 Å². The molecule has 1 aliphatic heterocycles. The van der Waals surface area contributed by atoms with E-state index in [4.69, 9.17) is 14.2 Å². The van der Waals surface area contributed by atoms with Crippen LogP contribution in [0.4, 0.5) is 0 Å². The van der Waals surface area contributed by atoms with Crippen LogP contribution in [0.1, 0.15) is 51.0 Å². The average molecular weight is 369 g/mol. The molecule has 3 heteroatoms. The van der Waals surface area contributed by atoms with Crippen LogP contribution in [0.5, 0.6) is 5.75 Å². The van der Waals surface area contributed by atoms with E-state index in [9.17, 15) is 0 Å². The number of allylic oxidation sites excluding steroid dienone is 1. The third-order valence-electron chi connectivity index (χ3n) is 5.66. The molecule has 0 amide bonds. The van der Waals surface area contributed by atoms with Gasteiger partial charge in [-0.1, -0.05) is 30.8 Å². The molecular formula is C24H32O3. The van der Waals surface area contributed by atoms with Gasteiger partial charge in [0.05, 0.1) is 25.9 Å². The Labute approximate surface area is 164 Å². The number of hydrogen-bond acceptors (Lipinski definition) is 3. The molecule has 27 heavy (non-hydrogen) atoms. The van der Waals surface area contributed by atoms with E-state index in [1.165, 1.54) is 32.1 Å². The summed E-state index contributed by atoms with van der Waals surface area (Å²) in [6.07, 6.45) is 9.76. The van der Waals surface area contributed by atoms with Crippen LogP contribution < -0.4 is 4.74 Å². The minimum Gasteiger partial charge on any atom is -0.494 e. The molecule has 3 rings (SSSR count). The fraction of sp³-hybridized carbons (Fsp3) is 0.583. The summed E-state index contributed by atoms with van der Waals surface area (Å²) in [6, 6.07) is 7.87. The average Bonchev–Trinajstić information content (AvgIpc) is 2.73. The fourth-order valence-corrected chi connectivity index (χ4v) is 4.04. The van der Waals surface area contributed by atoms with Gasteiger partial charge in [0.2, 0.25) is 0 Å². The van der Waals surface area contributed by atoms with Crippen molar-refractivity contribution < 1.29 is 14.2 Å². The van der Waals surface area contributed by atoms with Gasteiger partial charge < -0.3 is 14.2 Å². The maximum atomic E-state index is 6.12. The number of benzene rings is 1. The summed E-state index contributed by atoms with van der Waals surface area (Å²) in [7, 11) is 0. The summed E-state index contributed by atoms with van der Waals surface area (Å²) < 4.78 is 17.6. The Balaban J connectivity index is 1.41. The van der Waals surface area contributed by atoms with E-state index in [-0.39, 0.29) is 12.2 Å². The zero-order valence-corrected chi connectivity index (χ0v) is 16.5. The summed E-state index contributed by atoms with van der Waals surface area (Å²) in [5, 5.41) is 0. The maximum Gasteiger partial charge on any atom is 0.141 e. The van der Waals surface area contributed by atoms with E-state index in [1.54, 1.807) is 0 Å². The highest BCUT2D eigenvalue weighted by molar-refractivity contribution is 5.38. The van der Waals surface area contributed by atoms with Gasteiger partial charge in [-0.05, 0) is 68.7 Å². The van der Waals surface area contributed by atoms with Crippen molar-refractivity contribution in [2.75, 3.05) is 19.8 Å². The predicted octanol–water partition coefficient (Wildman–Crippen LogP) is 4.99. The lowest BCUT2D eigenvalue weighted by atomic mass is 9.77. The first kappa shape index (κ1) is 20.0. The van der Waals surface area contributed by atoms with Crippen LogP contribution in [0.2, 0.25) is 0 Å². The van der Waals surface area contributed by atoms with Gasteiger partial charge in [0, 0.05) is 5.56 Å². The van der Waals surface area contributed by atoms with Crippen molar-refractivity contribution in [3.8, 4) is 17.6 Å². The first-order valence-electron chi connectivity index (χ1n) is 10.4. The molecule has 3 nitrogen and oxygen atoms in total. The van der Waals surface area contributed by atoms with Crippen LogP contribution in [0.25, 0.3) is 0 Å². The van der Waals surface area contributed by atoms with E-state index in [0.29, 0.717) is 25.7 Å². The normalized spacial score (nSPS) is 28.0. The van der Waals surface area contributed by atoms with Gasteiger partial charge in [0.15, 0.2) is 0 Å². The summed E-state index contributed by atoms with van der Waals surface area (Å²) in [6.45, 7) is 7.74. The van der Waals surface area contributed by atoms with Crippen molar-refractivity contribution in [2.24, 2.45) is 11.8 Å². The molecule has 0 radical (unpaired) electrons. The predicted molar refractivity (Wildman–Crippen MR) is 109 cm³/mol. The first-order chi connectivity index (χ1) is 13.3. The highest BCUT2D eigenvalue weighted by atomic mass is 16.6. The van der Waals surface area contributed by atoms with Gasteiger partial charge in [0.25, 0.3) is 0 Å². The van der Waals surface area contributed by atoms with Crippen LogP contribution in [0.3, 0.4) is 0 Å². The molecule has 2 atom stereocenters. The largest absolute Gasteiger partial charge is 0.494 e. The molecule has 1 unspecified atom stereocenters. The van der Waals surface area contributed by atoms with E-state index in [0.717, 1.165) is 23.7 Å². The minimum absolute atomic E-state index is 0.128. The van der Waals surface area contributed by atoms with Crippen molar-refractivity contribution in [2.45, 2.75) is 57.7 Å². The lowest BCUT2D eigenvalue weighted by molar-refractivity contribution is -0.138. The molecule has 2 aliphatic rings. The van der Waals surface area contributed by atoms with Crippen molar-refractivity contribution in [3.63, 3.8) is 0 Å². The van der Waals surface area contributed by atoms with E-state index < -0.39 is 0 Å². The van der Waals surface area contributed by atoms with Gasteiger partial charge in [-0.3, -0.25) is 0 Å². The SMILES string of the molecule is C=CCCC1CCC(C2CO[C@@H](C#Cc3ccc(OCC)cc3)CO2)CC1. The van der Waals surface area contributed by atoms with Gasteiger partial charge >= 0.3 is 0 Å². The molecule has 0 bridgehead atoms. The van der Waals surface area contributed by atoms with E-state index in [2.05, 4.69) is 18.4 Å². The van der Waals surface area contributed by atoms with Crippen molar-refractivity contribution in [1.82, 2.24) is 0 Å². The minimum atomic E-state index is -0.128. The van der Waals surface area contributed by atoms with Crippen molar-refractivity contribution in [1.29, 1.82) is 0 Å². The van der Waals surface area contributed by atoms with Gasteiger partial charge in [0.1, 0.15) is 11.9 Å². The Bertz CT molecular complexity index is 624.